The van der Waals surface area contributed by atoms with Crippen LogP contribution in [-0.4, -0.2) is 20.7 Å². The summed E-state index contributed by atoms with van der Waals surface area (Å²) in [7, 11) is -3.72. The quantitative estimate of drug-likeness (QED) is 0.561. The first-order valence-electron chi connectivity index (χ1n) is 5.68. The minimum absolute atomic E-state index is 0.0188. The summed E-state index contributed by atoms with van der Waals surface area (Å²) in [6.45, 7) is 0. The molecule has 1 heterocycles. The fourth-order valence-corrected chi connectivity index (χ4v) is 2.06. The number of carbonyl (C=O) groups is 1. The smallest absolute Gasteiger partial charge is 0.332 e. The number of furan rings is 1. The molecule has 0 aliphatic carbocycles. The second-order valence-electron chi connectivity index (χ2n) is 4.01. The maximum atomic E-state index is 11.2. The van der Waals surface area contributed by atoms with Crippen LogP contribution in [0, 0.1) is 0 Å². The third kappa shape index (κ3) is 3.91. The van der Waals surface area contributed by atoms with E-state index in [0.717, 1.165) is 0 Å². The van der Waals surface area contributed by atoms with Gasteiger partial charge in [0.05, 0.1) is 11.1 Å². The largest absolute Gasteiger partial charge is 0.455 e. The average Bonchev–Trinajstić information content (AvgIpc) is 2.86. The predicted molar refractivity (Wildman–Crippen MR) is 75.8 cm³/mol. The van der Waals surface area contributed by atoms with E-state index in [2.05, 4.69) is 5.10 Å². The lowest BCUT2D eigenvalue weighted by Gasteiger charge is -2.00. The van der Waals surface area contributed by atoms with E-state index in [1.807, 2.05) is 5.43 Å². The fraction of sp³-hybridized carbons (Fsp3) is 0. The maximum Gasteiger partial charge on any atom is 0.332 e. The third-order valence-corrected chi connectivity index (χ3v) is 3.39. The van der Waals surface area contributed by atoms with Crippen molar-refractivity contribution in [1.29, 1.82) is 0 Å². The topological polar surface area (TPSA) is 141 Å². The number of primary sulfonamides is 1. The molecule has 0 saturated heterocycles. The predicted octanol–water partition coefficient (Wildman–Crippen LogP) is 0.596. The molecule has 5 N–H and O–H groups in total. The number of sulfonamides is 1. The molecule has 21 heavy (non-hydrogen) atoms. The summed E-state index contributed by atoms with van der Waals surface area (Å²) in [6, 6.07) is 8.44. The maximum absolute atomic E-state index is 11.2. The molecule has 0 atom stereocenters. The summed E-state index contributed by atoms with van der Waals surface area (Å²) in [5, 5.41) is 8.57. The van der Waals surface area contributed by atoms with Crippen molar-refractivity contribution in [2.24, 2.45) is 16.0 Å². The molecular formula is C12H12N4O4S. The van der Waals surface area contributed by atoms with Gasteiger partial charge in [-0.3, -0.25) is 0 Å². The number of urea groups is 1. The first-order chi connectivity index (χ1) is 9.86. The molecule has 0 unspecified atom stereocenters. The van der Waals surface area contributed by atoms with Crippen LogP contribution in [0.25, 0.3) is 11.3 Å². The van der Waals surface area contributed by atoms with Gasteiger partial charge in [0, 0.05) is 5.56 Å². The van der Waals surface area contributed by atoms with E-state index in [-0.39, 0.29) is 4.90 Å². The monoisotopic (exact) mass is 308 g/mol. The van der Waals surface area contributed by atoms with Crippen molar-refractivity contribution in [2.75, 3.05) is 0 Å². The van der Waals surface area contributed by atoms with E-state index in [1.54, 1.807) is 24.3 Å². The average molecular weight is 308 g/mol. The summed E-state index contributed by atoms with van der Waals surface area (Å²) < 4.78 is 27.8. The molecule has 110 valence electrons. The molecule has 0 aliphatic rings. The Hall–Kier alpha value is -2.65. The van der Waals surface area contributed by atoms with Crippen molar-refractivity contribution < 1.29 is 17.6 Å². The van der Waals surface area contributed by atoms with E-state index >= 15 is 0 Å². The summed E-state index contributed by atoms with van der Waals surface area (Å²) in [6.07, 6.45) is 1.28. The van der Waals surface area contributed by atoms with E-state index in [4.69, 9.17) is 15.3 Å². The molecule has 2 aromatic rings. The number of amides is 2. The highest BCUT2D eigenvalue weighted by atomic mass is 32.2. The fourth-order valence-electron chi connectivity index (χ4n) is 1.55. The van der Waals surface area contributed by atoms with Crippen LogP contribution in [0.1, 0.15) is 5.76 Å². The van der Waals surface area contributed by atoms with Crippen molar-refractivity contribution in [3.05, 3.63) is 42.2 Å². The van der Waals surface area contributed by atoms with Crippen LogP contribution in [0.2, 0.25) is 0 Å². The second kappa shape index (κ2) is 5.77. The first kappa shape index (κ1) is 14.8. The number of hydrogen-bond acceptors (Lipinski definition) is 5. The van der Waals surface area contributed by atoms with E-state index in [9.17, 15) is 13.2 Å². The van der Waals surface area contributed by atoms with Crippen LogP contribution in [0.15, 0.2) is 50.8 Å². The summed E-state index contributed by atoms with van der Waals surface area (Å²) in [5.41, 5.74) is 7.55. The van der Waals surface area contributed by atoms with Crippen LogP contribution in [-0.2, 0) is 10.0 Å². The van der Waals surface area contributed by atoms with Crippen molar-refractivity contribution in [2.45, 2.75) is 4.90 Å². The Morgan fingerprint density at radius 2 is 1.86 bits per heavy atom. The van der Waals surface area contributed by atoms with E-state index < -0.39 is 16.1 Å². The number of hydrazone groups is 1. The number of nitrogens with two attached hydrogens (primary N) is 2. The number of benzene rings is 1. The molecule has 0 aliphatic heterocycles. The minimum atomic E-state index is -3.72. The Morgan fingerprint density at radius 3 is 2.43 bits per heavy atom. The Morgan fingerprint density at radius 1 is 1.19 bits per heavy atom. The molecule has 0 radical (unpaired) electrons. The Kier molecular flexibility index (Phi) is 4.05. The molecule has 2 amide bonds. The van der Waals surface area contributed by atoms with Gasteiger partial charge in [-0.2, -0.15) is 5.10 Å². The summed E-state index contributed by atoms with van der Waals surface area (Å²) >= 11 is 0. The van der Waals surface area contributed by atoms with E-state index in [0.29, 0.717) is 17.1 Å². The molecule has 0 fully saturated rings. The van der Waals surface area contributed by atoms with Gasteiger partial charge in [-0.1, -0.05) is 0 Å². The van der Waals surface area contributed by atoms with Gasteiger partial charge in [-0.15, -0.1) is 0 Å². The van der Waals surface area contributed by atoms with Gasteiger partial charge in [0.1, 0.15) is 11.5 Å². The van der Waals surface area contributed by atoms with Gasteiger partial charge in [-0.25, -0.2) is 23.8 Å². The standard InChI is InChI=1S/C12H12N4O4S/c13-12(17)16-15-7-9-3-6-11(20-9)8-1-4-10(5-2-8)21(14,18)19/h1-7H,(H3,13,16,17)(H2,14,18,19). The number of rotatable bonds is 4. The van der Waals surface area contributed by atoms with Crippen molar-refractivity contribution in [3.8, 4) is 11.3 Å². The van der Waals surface area contributed by atoms with Crippen LogP contribution >= 0.6 is 0 Å². The number of nitrogens with zero attached hydrogens (tertiary/aromatic N) is 1. The third-order valence-electron chi connectivity index (χ3n) is 2.46. The van der Waals surface area contributed by atoms with Gasteiger partial charge in [0.15, 0.2) is 0 Å². The lowest BCUT2D eigenvalue weighted by Crippen LogP contribution is -2.24. The summed E-state index contributed by atoms with van der Waals surface area (Å²) in [4.78, 5) is 10.5. The Bertz CT molecular complexity index is 778. The number of nitrogens with one attached hydrogen (secondary N) is 1. The molecule has 0 bridgehead atoms. The number of primary amides is 1. The van der Waals surface area contributed by atoms with Crippen LogP contribution in [0.5, 0.6) is 0 Å². The zero-order chi connectivity index (χ0) is 15.5. The Balaban J connectivity index is 2.18. The highest BCUT2D eigenvalue weighted by Crippen LogP contribution is 2.22. The molecule has 0 saturated carbocycles. The van der Waals surface area contributed by atoms with Gasteiger partial charge in [0.2, 0.25) is 10.0 Å². The highest BCUT2D eigenvalue weighted by molar-refractivity contribution is 7.89. The molecule has 2 rings (SSSR count). The molecule has 1 aromatic heterocycles. The van der Waals surface area contributed by atoms with Gasteiger partial charge >= 0.3 is 6.03 Å². The lowest BCUT2D eigenvalue weighted by molar-refractivity contribution is 0.249. The zero-order valence-corrected chi connectivity index (χ0v) is 11.5. The molecule has 9 heteroatoms. The molecule has 8 nitrogen and oxygen atoms in total. The first-order valence-corrected chi connectivity index (χ1v) is 7.22. The van der Waals surface area contributed by atoms with Crippen molar-refractivity contribution >= 4 is 22.3 Å². The molecule has 1 aromatic carbocycles. The molecular weight excluding hydrogens is 296 g/mol. The highest BCUT2D eigenvalue weighted by Gasteiger charge is 2.09. The second-order valence-corrected chi connectivity index (χ2v) is 5.57. The lowest BCUT2D eigenvalue weighted by atomic mass is 10.2. The van der Waals surface area contributed by atoms with E-state index in [1.165, 1.54) is 18.3 Å². The van der Waals surface area contributed by atoms with Crippen molar-refractivity contribution in [1.82, 2.24) is 5.43 Å². The van der Waals surface area contributed by atoms with Gasteiger partial charge < -0.3 is 10.2 Å². The Labute approximate surface area is 120 Å². The van der Waals surface area contributed by atoms with Crippen molar-refractivity contribution in [3.63, 3.8) is 0 Å². The molecule has 0 spiro atoms. The number of hydrogen-bond donors (Lipinski definition) is 3. The zero-order valence-electron chi connectivity index (χ0n) is 10.7. The normalized spacial score (nSPS) is 11.7. The summed E-state index contributed by atoms with van der Waals surface area (Å²) in [5.74, 6) is 0.908. The number of carbonyl (C=O) groups excluding carboxylic acids is 1. The van der Waals surface area contributed by atoms with Crippen LogP contribution in [0.3, 0.4) is 0 Å². The van der Waals surface area contributed by atoms with Gasteiger partial charge in [-0.05, 0) is 36.4 Å². The SMILES string of the molecule is NC(=O)NN=Cc1ccc(-c2ccc(S(N)(=O)=O)cc2)o1. The van der Waals surface area contributed by atoms with Crippen LogP contribution in [0.4, 0.5) is 4.79 Å². The van der Waals surface area contributed by atoms with Gasteiger partial charge in [0.25, 0.3) is 0 Å². The minimum Gasteiger partial charge on any atom is -0.455 e. The van der Waals surface area contributed by atoms with Crippen LogP contribution < -0.4 is 16.3 Å².